The van der Waals surface area contributed by atoms with E-state index in [9.17, 15) is 0 Å². The molecule has 1 nitrogen and oxygen atoms in total. The molecule has 0 saturated carbocycles. The summed E-state index contributed by atoms with van der Waals surface area (Å²) in [6.45, 7) is 8.96. The van der Waals surface area contributed by atoms with Gasteiger partial charge in [-0.05, 0) is 85.3 Å². The van der Waals surface area contributed by atoms with Crippen molar-refractivity contribution < 1.29 is 0 Å². The summed E-state index contributed by atoms with van der Waals surface area (Å²) >= 11 is 0. The molecule has 0 fully saturated rings. The molecule has 0 atom stereocenters. The molecule has 0 aromatic heterocycles. The van der Waals surface area contributed by atoms with Crippen molar-refractivity contribution in [1.29, 1.82) is 0 Å². The van der Waals surface area contributed by atoms with Crippen LogP contribution in [0.4, 0.5) is 17.1 Å². The van der Waals surface area contributed by atoms with Gasteiger partial charge in [0.15, 0.2) is 0 Å². The van der Waals surface area contributed by atoms with Crippen molar-refractivity contribution in [3.8, 4) is 11.1 Å². The van der Waals surface area contributed by atoms with E-state index in [0.29, 0.717) is 0 Å². The first-order chi connectivity index (χ1) is 18.6. The standard InChI is InChI=1S/C37H43N/c1-5-7-11-25-37(26-12-8-6-2)35-14-10-9-13-33(35)34-24-23-32(27-36(34)37)38(30-19-15-28(3)16-20-30)31-21-17-29(4)18-22-31/h9-10,13-24,27H,5-8,11-12,25-26H2,1-4H3. The summed E-state index contributed by atoms with van der Waals surface area (Å²) in [4.78, 5) is 2.44. The van der Waals surface area contributed by atoms with Crippen LogP contribution < -0.4 is 4.90 Å². The van der Waals surface area contributed by atoms with Crippen molar-refractivity contribution in [3.63, 3.8) is 0 Å². The third-order valence-electron chi connectivity index (χ3n) is 8.51. The van der Waals surface area contributed by atoms with Crippen LogP contribution in [0.25, 0.3) is 11.1 Å². The van der Waals surface area contributed by atoms with Crippen molar-refractivity contribution in [3.05, 3.63) is 113 Å². The third kappa shape index (κ3) is 5.04. The maximum absolute atomic E-state index is 2.53. The van der Waals surface area contributed by atoms with Crippen LogP contribution >= 0.6 is 0 Å². The summed E-state index contributed by atoms with van der Waals surface area (Å²) < 4.78 is 0. The van der Waals surface area contributed by atoms with Gasteiger partial charge in [0.05, 0.1) is 0 Å². The van der Waals surface area contributed by atoms with Gasteiger partial charge in [-0.25, -0.2) is 0 Å². The molecule has 0 heterocycles. The second kappa shape index (κ2) is 11.6. The monoisotopic (exact) mass is 501 g/mol. The minimum atomic E-state index is 0.0957. The number of fused-ring (bicyclic) bond motifs is 3. The average Bonchev–Trinajstić information content (AvgIpc) is 3.21. The molecule has 4 aromatic carbocycles. The summed E-state index contributed by atoms with van der Waals surface area (Å²) in [6, 6.07) is 34.4. The van der Waals surface area contributed by atoms with Crippen LogP contribution in [-0.4, -0.2) is 0 Å². The second-order valence-electron chi connectivity index (χ2n) is 11.3. The normalized spacial score (nSPS) is 13.3. The highest BCUT2D eigenvalue weighted by molar-refractivity contribution is 5.85. The number of hydrogen-bond donors (Lipinski definition) is 0. The molecule has 0 N–H and O–H groups in total. The highest BCUT2D eigenvalue weighted by atomic mass is 15.1. The quantitative estimate of drug-likeness (QED) is 0.185. The first kappa shape index (κ1) is 26.3. The van der Waals surface area contributed by atoms with Gasteiger partial charge in [0.25, 0.3) is 0 Å². The van der Waals surface area contributed by atoms with Gasteiger partial charge in [-0.1, -0.05) is 118 Å². The van der Waals surface area contributed by atoms with E-state index >= 15 is 0 Å². The Balaban J connectivity index is 1.68. The zero-order valence-electron chi connectivity index (χ0n) is 23.8. The van der Waals surface area contributed by atoms with Crippen molar-refractivity contribution in [1.82, 2.24) is 0 Å². The molecule has 0 amide bonds. The van der Waals surface area contributed by atoms with Crippen LogP contribution in [0.15, 0.2) is 91.0 Å². The lowest BCUT2D eigenvalue weighted by Crippen LogP contribution is -2.26. The zero-order valence-corrected chi connectivity index (χ0v) is 23.8. The first-order valence-electron chi connectivity index (χ1n) is 14.8. The molecule has 1 aliphatic carbocycles. The largest absolute Gasteiger partial charge is 0.310 e. The van der Waals surface area contributed by atoms with E-state index in [1.807, 2.05) is 0 Å². The molecular formula is C37H43N. The fourth-order valence-corrected chi connectivity index (χ4v) is 6.43. The molecule has 1 aliphatic rings. The lowest BCUT2D eigenvalue weighted by Gasteiger charge is -2.34. The SMILES string of the molecule is CCCCCC1(CCCCC)c2ccccc2-c2ccc(N(c3ccc(C)cc3)c3ccc(C)cc3)cc21. The van der Waals surface area contributed by atoms with Crippen LogP contribution in [0.3, 0.4) is 0 Å². The van der Waals surface area contributed by atoms with E-state index in [1.54, 1.807) is 5.56 Å². The predicted molar refractivity (Wildman–Crippen MR) is 165 cm³/mol. The van der Waals surface area contributed by atoms with Gasteiger partial charge < -0.3 is 4.90 Å². The Labute approximate surface area is 230 Å². The average molecular weight is 502 g/mol. The summed E-state index contributed by atoms with van der Waals surface area (Å²) in [7, 11) is 0. The Kier molecular flexibility index (Phi) is 8.03. The van der Waals surface area contributed by atoms with Crippen molar-refractivity contribution >= 4 is 17.1 Å². The Bertz CT molecular complexity index is 1290. The Morgan fingerprint density at radius 3 is 1.58 bits per heavy atom. The Hall–Kier alpha value is -3.32. The van der Waals surface area contributed by atoms with Crippen LogP contribution in [-0.2, 0) is 5.41 Å². The minimum absolute atomic E-state index is 0.0957. The molecule has 0 aliphatic heterocycles. The van der Waals surface area contributed by atoms with Crippen LogP contribution in [0.2, 0.25) is 0 Å². The first-order valence-corrected chi connectivity index (χ1v) is 14.8. The Morgan fingerprint density at radius 2 is 1.03 bits per heavy atom. The summed E-state index contributed by atoms with van der Waals surface area (Å²) in [5.41, 5.74) is 12.3. The van der Waals surface area contributed by atoms with Crippen LogP contribution in [0.1, 0.15) is 87.5 Å². The lowest BCUT2D eigenvalue weighted by atomic mass is 9.70. The minimum Gasteiger partial charge on any atom is -0.310 e. The van der Waals surface area contributed by atoms with Gasteiger partial charge in [-0.3, -0.25) is 0 Å². The Morgan fingerprint density at radius 1 is 0.526 bits per heavy atom. The number of aryl methyl sites for hydroxylation is 2. The number of rotatable bonds is 11. The number of hydrogen-bond acceptors (Lipinski definition) is 1. The smallest absolute Gasteiger partial charge is 0.0465 e. The molecule has 0 saturated heterocycles. The van der Waals surface area contributed by atoms with E-state index in [2.05, 4.69) is 124 Å². The molecule has 38 heavy (non-hydrogen) atoms. The van der Waals surface area contributed by atoms with Gasteiger partial charge in [-0.2, -0.15) is 0 Å². The molecular weight excluding hydrogens is 458 g/mol. The zero-order chi connectivity index (χ0) is 26.5. The maximum Gasteiger partial charge on any atom is 0.0465 e. The van der Waals surface area contributed by atoms with Gasteiger partial charge in [0, 0.05) is 22.5 Å². The van der Waals surface area contributed by atoms with Crippen molar-refractivity contribution in [2.45, 2.75) is 84.5 Å². The topological polar surface area (TPSA) is 3.24 Å². The van der Waals surface area contributed by atoms with Crippen LogP contribution in [0.5, 0.6) is 0 Å². The molecule has 0 unspecified atom stereocenters. The van der Waals surface area contributed by atoms with Crippen LogP contribution in [0, 0.1) is 13.8 Å². The molecule has 0 spiro atoms. The molecule has 5 rings (SSSR count). The molecule has 1 heteroatoms. The predicted octanol–water partition coefficient (Wildman–Crippen LogP) is 11.2. The number of unbranched alkanes of at least 4 members (excludes halogenated alkanes) is 4. The third-order valence-corrected chi connectivity index (χ3v) is 8.51. The van der Waals surface area contributed by atoms with E-state index in [0.717, 1.165) is 0 Å². The molecule has 4 aromatic rings. The van der Waals surface area contributed by atoms with E-state index in [1.165, 1.54) is 96.2 Å². The molecule has 196 valence electrons. The van der Waals surface area contributed by atoms with Crippen molar-refractivity contribution in [2.24, 2.45) is 0 Å². The molecule has 0 radical (unpaired) electrons. The van der Waals surface area contributed by atoms with Gasteiger partial charge in [0.2, 0.25) is 0 Å². The highest BCUT2D eigenvalue weighted by Crippen LogP contribution is 2.55. The number of benzene rings is 4. The highest BCUT2D eigenvalue weighted by Gasteiger charge is 2.42. The summed E-state index contributed by atoms with van der Waals surface area (Å²) in [5.74, 6) is 0. The van der Waals surface area contributed by atoms with E-state index in [4.69, 9.17) is 0 Å². The summed E-state index contributed by atoms with van der Waals surface area (Å²) in [6.07, 6.45) is 10.1. The summed E-state index contributed by atoms with van der Waals surface area (Å²) in [5, 5.41) is 0. The fourth-order valence-electron chi connectivity index (χ4n) is 6.43. The van der Waals surface area contributed by atoms with Gasteiger partial charge >= 0.3 is 0 Å². The second-order valence-corrected chi connectivity index (χ2v) is 11.3. The molecule has 0 bridgehead atoms. The van der Waals surface area contributed by atoms with Crippen molar-refractivity contribution in [2.75, 3.05) is 4.90 Å². The maximum atomic E-state index is 2.53. The van der Waals surface area contributed by atoms with Gasteiger partial charge in [-0.15, -0.1) is 0 Å². The van der Waals surface area contributed by atoms with E-state index < -0.39 is 0 Å². The lowest BCUT2D eigenvalue weighted by molar-refractivity contribution is 0.405. The van der Waals surface area contributed by atoms with E-state index in [-0.39, 0.29) is 5.41 Å². The fraction of sp³-hybridized carbons (Fsp3) is 0.351. The van der Waals surface area contributed by atoms with Gasteiger partial charge in [0.1, 0.15) is 0 Å². The number of nitrogens with zero attached hydrogens (tertiary/aromatic N) is 1. The number of anilines is 3.